The molecule has 12 atom stereocenters. The number of nitrogens with zero attached hydrogens (tertiary/aromatic N) is 6. The second kappa shape index (κ2) is 25.0. The molecule has 0 radical (unpaired) electrons. The van der Waals surface area contributed by atoms with Gasteiger partial charge in [-0.2, -0.15) is 9.97 Å². The van der Waals surface area contributed by atoms with Gasteiger partial charge >= 0.3 is 38.4 Å². The van der Waals surface area contributed by atoms with Crippen LogP contribution in [-0.4, -0.2) is 164 Å². The lowest BCUT2D eigenvalue weighted by Gasteiger charge is -2.16. The van der Waals surface area contributed by atoms with Crippen LogP contribution < -0.4 is 45.3 Å². The Morgan fingerprint density at radius 3 is 1.10 bits per heavy atom. The fraction of sp³-hybridized carbons (Fsp3) is 0.556. The van der Waals surface area contributed by atoms with E-state index < -0.39 is 136 Å². The van der Waals surface area contributed by atoms with Crippen LogP contribution in [0.15, 0.2) is 77.8 Å². The standard InChI is InChI=1S/C9H14N3O7P.C9H13N3O4.C9H13N2O8P.C9H12N2O5/c10-7-1-2-12(9(14)11-7)8-3-5(13)6(19-8)4-18-20(15,16)17;10-7-1-2-12(9(15)11-7)8-3-5(14)6(4-13)16-8;12-5-3-8(11-2-1-7(13)10-9(11)14)19-6(5)4-18-20(15,16)17;12-4-6-5(13)3-8(16-6)11-2-1-7(14)10-9(11)15/h1-2,5-6,8,13H,3-4H2,(H2,10,11,14)(H2,15,16,17);1-2,5-6,8,13-14H,3-4H2,(H2,10,11,15);1-2,5-6,8,12H,3-4H2,(H,10,13,14)(H2,15,16,17);1-2,5-6,8,12-13H,3-4H2,(H,10,14,15)/t4*5-,6-,8-/m1111/s1. The van der Waals surface area contributed by atoms with E-state index in [0.717, 1.165) is 15.2 Å². The third kappa shape index (κ3) is 16.3. The highest BCUT2D eigenvalue weighted by atomic mass is 31.2. The first-order chi connectivity index (χ1) is 33.7. The quantitative estimate of drug-likeness (QED) is 0.0587. The van der Waals surface area contributed by atoms with Crippen LogP contribution in [0.5, 0.6) is 0 Å². The van der Waals surface area contributed by atoms with Gasteiger partial charge in [-0.25, -0.2) is 28.3 Å². The molecular weight excluding hydrogens is 1020 g/mol. The zero-order chi connectivity index (χ0) is 53.2. The number of hydrogen-bond acceptors (Lipinski definition) is 24. The SMILES string of the molecule is Nc1ccn([C@H]2C[C@@H](O)[C@@H](CO)O2)c(=O)n1.Nc1ccn([C@H]2C[C@@H](O)[C@@H](COP(=O)(O)O)O2)c(=O)n1.O=c1ccn([C@H]2C[C@@H](O)[C@@H](CO)O2)c(=O)[nH]1.O=c1ccn([C@H]2C[C@@H](O)[C@@H](COP(=O)(O)O)O2)c(=O)[nH]1. The number of nitrogens with one attached hydrogen (secondary N) is 2. The van der Waals surface area contributed by atoms with Crippen molar-refractivity contribution in [1.82, 2.24) is 38.2 Å². The van der Waals surface area contributed by atoms with E-state index in [1.807, 2.05) is 4.98 Å². The third-order valence-electron chi connectivity index (χ3n) is 10.6. The van der Waals surface area contributed by atoms with Gasteiger partial charge in [0.05, 0.1) is 50.8 Å². The molecule has 4 aromatic heterocycles. The predicted molar refractivity (Wildman–Crippen MR) is 237 cm³/mol. The van der Waals surface area contributed by atoms with Gasteiger partial charge in [0.15, 0.2) is 0 Å². The molecule has 0 aromatic carbocycles. The summed E-state index contributed by atoms with van der Waals surface area (Å²) in [4.78, 5) is 113. The first-order valence-electron chi connectivity index (χ1n) is 21.0. The zero-order valence-electron chi connectivity index (χ0n) is 37.1. The van der Waals surface area contributed by atoms with Gasteiger partial charge in [-0.05, 0) is 12.1 Å². The largest absolute Gasteiger partial charge is 0.469 e. The smallest absolute Gasteiger partial charge is 0.394 e. The van der Waals surface area contributed by atoms with Crippen LogP contribution >= 0.6 is 15.6 Å². The summed E-state index contributed by atoms with van der Waals surface area (Å²) in [6, 6.07) is 5.19. The van der Waals surface area contributed by atoms with Crippen molar-refractivity contribution in [3.8, 4) is 0 Å². The molecule has 0 unspecified atom stereocenters. The number of nitrogens with two attached hydrogens (primary N) is 2. The van der Waals surface area contributed by atoms with Gasteiger partial charge < -0.3 is 80.6 Å². The molecule has 36 heteroatoms. The van der Waals surface area contributed by atoms with E-state index in [1.54, 1.807) is 0 Å². The Hall–Kier alpha value is -5.46. The number of rotatable bonds is 12. The van der Waals surface area contributed by atoms with Gasteiger partial charge in [-0.1, -0.05) is 0 Å². The van der Waals surface area contributed by atoms with Crippen molar-refractivity contribution in [1.29, 1.82) is 0 Å². The number of aromatic amines is 2. The lowest BCUT2D eigenvalue weighted by molar-refractivity contribution is -0.0459. The van der Waals surface area contributed by atoms with Crippen molar-refractivity contribution in [3.05, 3.63) is 112 Å². The molecule has 8 rings (SSSR count). The number of ether oxygens (including phenoxy) is 4. The Kier molecular flexibility index (Phi) is 19.9. The van der Waals surface area contributed by atoms with Crippen molar-refractivity contribution in [2.75, 3.05) is 37.9 Å². The van der Waals surface area contributed by atoms with Gasteiger partial charge in [0.2, 0.25) is 0 Å². The van der Waals surface area contributed by atoms with E-state index in [9.17, 15) is 58.3 Å². The van der Waals surface area contributed by atoms with Crippen LogP contribution in [0.1, 0.15) is 50.6 Å². The summed E-state index contributed by atoms with van der Waals surface area (Å²) in [5.41, 5.74) is 7.19. The predicted octanol–water partition coefficient (Wildman–Crippen LogP) is -6.48. The van der Waals surface area contributed by atoms with E-state index in [1.165, 1.54) is 52.1 Å². The molecule has 8 heterocycles. The topological polar surface area (TPSA) is 523 Å². The van der Waals surface area contributed by atoms with Gasteiger partial charge in [-0.15, -0.1) is 0 Å². The Morgan fingerprint density at radius 1 is 0.528 bits per heavy atom. The molecule has 34 nitrogen and oxygen atoms in total. The fourth-order valence-electron chi connectivity index (χ4n) is 7.11. The van der Waals surface area contributed by atoms with Crippen molar-refractivity contribution in [2.45, 2.75) is 99.4 Å². The molecule has 0 bridgehead atoms. The number of phosphoric ester groups is 2. The molecule has 400 valence electrons. The van der Waals surface area contributed by atoms with Gasteiger partial charge in [-0.3, -0.25) is 46.9 Å². The van der Waals surface area contributed by atoms with Crippen LogP contribution in [0.3, 0.4) is 0 Å². The minimum atomic E-state index is -4.66. The maximum Gasteiger partial charge on any atom is 0.469 e. The average molecular weight is 1070 g/mol. The summed E-state index contributed by atoms with van der Waals surface area (Å²) in [5.74, 6) is 0.199. The van der Waals surface area contributed by atoms with E-state index in [4.69, 9.17) is 60.2 Å². The van der Waals surface area contributed by atoms with Crippen LogP contribution in [0, 0.1) is 0 Å². The van der Waals surface area contributed by atoms with Crippen molar-refractivity contribution < 1.29 is 87.3 Å². The summed E-state index contributed by atoms with van der Waals surface area (Å²) >= 11 is 0. The molecule has 0 saturated carbocycles. The lowest BCUT2D eigenvalue weighted by atomic mass is 10.2. The number of aliphatic hydroxyl groups is 6. The van der Waals surface area contributed by atoms with Crippen LogP contribution in [0.2, 0.25) is 0 Å². The summed E-state index contributed by atoms with van der Waals surface area (Å²) in [6.45, 7) is -1.59. The summed E-state index contributed by atoms with van der Waals surface area (Å²) in [5, 5.41) is 56.3. The summed E-state index contributed by atoms with van der Waals surface area (Å²) < 4.78 is 55.6. The molecule has 4 saturated heterocycles. The van der Waals surface area contributed by atoms with Gasteiger partial charge in [0.25, 0.3) is 11.1 Å². The molecule has 0 aliphatic carbocycles. The number of anilines is 2. The van der Waals surface area contributed by atoms with E-state index >= 15 is 0 Å². The third-order valence-corrected chi connectivity index (χ3v) is 11.6. The molecule has 4 aromatic rings. The zero-order valence-corrected chi connectivity index (χ0v) is 38.9. The maximum atomic E-state index is 11.6. The first-order valence-corrected chi connectivity index (χ1v) is 24.1. The minimum Gasteiger partial charge on any atom is -0.394 e. The van der Waals surface area contributed by atoms with E-state index in [0.29, 0.717) is 0 Å². The Bertz CT molecular complexity index is 2900. The summed E-state index contributed by atoms with van der Waals surface area (Å²) in [6.07, 6.45) is -3.94. The second-order valence-corrected chi connectivity index (χ2v) is 18.3. The Morgan fingerprint density at radius 2 is 0.819 bits per heavy atom. The highest BCUT2D eigenvalue weighted by Gasteiger charge is 2.39. The van der Waals surface area contributed by atoms with Gasteiger partial charge in [0, 0.05) is 62.6 Å². The normalized spacial score (nSPS) is 28.0. The first kappa shape index (κ1) is 57.4. The minimum absolute atomic E-state index is 0.0289. The number of phosphoric acid groups is 2. The number of nitrogen functional groups attached to an aromatic ring is 2. The average Bonchev–Trinajstić information content (AvgIpc) is 4.06. The molecular formula is C36H52N10O24P2. The monoisotopic (exact) mass is 1070 g/mol. The number of aromatic nitrogens is 8. The fourth-order valence-corrected chi connectivity index (χ4v) is 7.79. The number of H-pyrrole nitrogens is 2. The highest BCUT2D eigenvalue weighted by molar-refractivity contribution is 7.46. The lowest BCUT2D eigenvalue weighted by Crippen LogP contribution is -2.31. The molecule has 4 aliphatic rings. The molecule has 0 amide bonds. The molecule has 72 heavy (non-hydrogen) atoms. The van der Waals surface area contributed by atoms with E-state index in [-0.39, 0.29) is 50.5 Å². The van der Waals surface area contributed by atoms with Crippen molar-refractivity contribution in [2.24, 2.45) is 0 Å². The molecule has 4 aliphatic heterocycles. The second-order valence-electron chi connectivity index (χ2n) is 15.8. The van der Waals surface area contributed by atoms with Crippen LogP contribution in [0.25, 0.3) is 0 Å². The molecule has 4 fully saturated rings. The Balaban J connectivity index is 0.000000179. The Labute approximate surface area is 401 Å². The molecule has 16 N–H and O–H groups in total. The van der Waals surface area contributed by atoms with Crippen LogP contribution in [-0.2, 0) is 37.1 Å². The number of hydrogen-bond donors (Lipinski definition) is 14. The highest BCUT2D eigenvalue weighted by Crippen LogP contribution is 2.39. The summed E-state index contributed by atoms with van der Waals surface area (Å²) in [7, 11) is -9.30. The van der Waals surface area contributed by atoms with Gasteiger partial charge in [0.1, 0.15) is 61.0 Å². The van der Waals surface area contributed by atoms with Crippen LogP contribution in [0.4, 0.5) is 11.6 Å². The van der Waals surface area contributed by atoms with Crippen molar-refractivity contribution in [3.63, 3.8) is 0 Å². The van der Waals surface area contributed by atoms with E-state index in [2.05, 4.69) is 24.0 Å². The maximum absolute atomic E-state index is 11.6. The van der Waals surface area contributed by atoms with Crippen molar-refractivity contribution >= 4 is 27.3 Å². The molecule has 0 spiro atoms. The number of aliphatic hydroxyl groups excluding tert-OH is 6.